The Kier molecular flexibility index (Phi) is 5.94. The molecule has 4 nitrogen and oxygen atoms in total. The largest absolute Gasteiger partial charge is 0.496 e. The molecule has 0 aromatic heterocycles. The third kappa shape index (κ3) is 4.07. The van der Waals surface area contributed by atoms with Crippen molar-refractivity contribution in [1.82, 2.24) is 4.90 Å². The van der Waals surface area contributed by atoms with Crippen LogP contribution in [0, 0.1) is 11.7 Å². The van der Waals surface area contributed by atoms with E-state index in [-0.39, 0.29) is 17.8 Å². The molecule has 1 unspecified atom stereocenters. The van der Waals surface area contributed by atoms with E-state index in [2.05, 4.69) is 20.8 Å². The van der Waals surface area contributed by atoms with Crippen molar-refractivity contribution in [2.24, 2.45) is 5.92 Å². The Hall–Kier alpha value is -1.92. The Morgan fingerprint density at radius 3 is 2.62 bits per heavy atom. The van der Waals surface area contributed by atoms with Gasteiger partial charge < -0.3 is 9.84 Å². The molecule has 1 aliphatic heterocycles. The molecule has 0 spiro atoms. The van der Waals surface area contributed by atoms with Crippen LogP contribution in [0.2, 0.25) is 0 Å². The number of benzene rings is 2. The molecule has 1 aliphatic rings. The molecule has 0 bridgehead atoms. The highest BCUT2D eigenvalue weighted by Gasteiger charge is 2.31. The van der Waals surface area contributed by atoms with Crippen LogP contribution in [0.4, 0.5) is 4.39 Å². The molecule has 0 radical (unpaired) electrons. The van der Waals surface area contributed by atoms with Gasteiger partial charge in [0.1, 0.15) is 11.6 Å². The monoisotopic (exact) mass is 421 g/mol. The second kappa shape index (κ2) is 8.18. The first-order valence-electron chi connectivity index (χ1n) is 8.55. The van der Waals surface area contributed by atoms with E-state index in [1.807, 2.05) is 24.3 Å². The molecule has 1 atom stereocenters. The minimum absolute atomic E-state index is 0.201. The van der Waals surface area contributed by atoms with Gasteiger partial charge in [0, 0.05) is 10.0 Å². The van der Waals surface area contributed by atoms with E-state index >= 15 is 0 Å². The Morgan fingerprint density at radius 1 is 1.27 bits per heavy atom. The molecule has 1 heterocycles. The summed E-state index contributed by atoms with van der Waals surface area (Å²) in [5.41, 5.74) is 1.76. The number of likely N-dealkylation sites (tertiary alicyclic amines) is 1. The Balaban J connectivity index is 2.01. The van der Waals surface area contributed by atoms with Crippen LogP contribution in [-0.4, -0.2) is 36.2 Å². The van der Waals surface area contributed by atoms with Crippen LogP contribution < -0.4 is 4.74 Å². The fourth-order valence-corrected chi connectivity index (χ4v) is 4.00. The fraction of sp³-hybridized carbons (Fsp3) is 0.350. The number of methoxy groups -OCH3 is 1. The third-order valence-electron chi connectivity index (χ3n) is 4.89. The average molecular weight is 422 g/mol. The van der Waals surface area contributed by atoms with Crippen molar-refractivity contribution in [2.45, 2.75) is 18.9 Å². The highest BCUT2D eigenvalue weighted by molar-refractivity contribution is 9.10. The van der Waals surface area contributed by atoms with E-state index < -0.39 is 5.97 Å². The van der Waals surface area contributed by atoms with Crippen molar-refractivity contribution in [1.29, 1.82) is 0 Å². The summed E-state index contributed by atoms with van der Waals surface area (Å²) >= 11 is 3.50. The van der Waals surface area contributed by atoms with Crippen LogP contribution in [0.1, 0.15) is 30.0 Å². The number of piperidine rings is 1. The molecular formula is C20H21BrFNO3. The summed E-state index contributed by atoms with van der Waals surface area (Å²) in [4.78, 5) is 13.5. The smallest absolute Gasteiger partial charge is 0.306 e. The van der Waals surface area contributed by atoms with Crippen molar-refractivity contribution in [2.75, 3.05) is 20.2 Å². The molecule has 0 aliphatic carbocycles. The van der Waals surface area contributed by atoms with E-state index in [4.69, 9.17) is 4.74 Å². The molecule has 138 valence electrons. The zero-order valence-electron chi connectivity index (χ0n) is 14.5. The highest BCUT2D eigenvalue weighted by atomic mass is 79.9. The third-order valence-corrected chi connectivity index (χ3v) is 5.39. The molecule has 0 amide bonds. The SMILES string of the molecule is COc1ccc(F)cc1C(c1cccc(Br)c1)N1CCC(C(=O)O)CC1. The Morgan fingerprint density at radius 2 is 2.00 bits per heavy atom. The lowest BCUT2D eigenvalue weighted by Crippen LogP contribution is -2.39. The van der Waals surface area contributed by atoms with Crippen LogP contribution in [0.3, 0.4) is 0 Å². The number of carbonyl (C=O) groups is 1. The molecule has 1 saturated heterocycles. The van der Waals surface area contributed by atoms with Gasteiger partial charge in [-0.3, -0.25) is 9.69 Å². The van der Waals surface area contributed by atoms with Crippen molar-refractivity contribution < 1.29 is 19.0 Å². The first-order chi connectivity index (χ1) is 12.5. The summed E-state index contributed by atoms with van der Waals surface area (Å²) in [6.45, 7) is 1.27. The van der Waals surface area contributed by atoms with Gasteiger partial charge >= 0.3 is 5.97 Å². The first kappa shape index (κ1) is 18.9. The maximum absolute atomic E-state index is 14.0. The van der Waals surface area contributed by atoms with Gasteiger partial charge in [-0.05, 0) is 61.8 Å². The fourth-order valence-electron chi connectivity index (χ4n) is 3.59. The molecule has 26 heavy (non-hydrogen) atoms. The van der Waals surface area contributed by atoms with Gasteiger partial charge in [-0.1, -0.05) is 28.1 Å². The second-order valence-corrected chi connectivity index (χ2v) is 7.41. The summed E-state index contributed by atoms with van der Waals surface area (Å²) in [7, 11) is 1.57. The van der Waals surface area contributed by atoms with E-state index in [1.165, 1.54) is 12.1 Å². The number of halogens is 2. The Labute approximate surface area is 160 Å². The molecule has 6 heteroatoms. The first-order valence-corrected chi connectivity index (χ1v) is 9.34. The molecule has 2 aromatic rings. The Bertz CT molecular complexity index is 790. The maximum Gasteiger partial charge on any atom is 0.306 e. The van der Waals surface area contributed by atoms with Crippen LogP contribution >= 0.6 is 15.9 Å². The predicted molar refractivity (Wildman–Crippen MR) is 101 cm³/mol. The van der Waals surface area contributed by atoms with Crippen LogP contribution in [0.25, 0.3) is 0 Å². The number of hydrogen-bond donors (Lipinski definition) is 1. The topological polar surface area (TPSA) is 49.8 Å². The second-order valence-electron chi connectivity index (χ2n) is 6.49. The van der Waals surface area contributed by atoms with Crippen molar-refractivity contribution >= 4 is 21.9 Å². The van der Waals surface area contributed by atoms with Crippen LogP contribution in [0.15, 0.2) is 46.9 Å². The zero-order valence-corrected chi connectivity index (χ0v) is 16.1. The number of aliphatic carboxylic acids is 1. The van der Waals surface area contributed by atoms with Gasteiger partial charge in [-0.2, -0.15) is 0 Å². The number of carboxylic acids is 1. The van der Waals surface area contributed by atoms with Gasteiger partial charge in [0.15, 0.2) is 0 Å². The summed E-state index contributed by atoms with van der Waals surface area (Å²) in [5.74, 6) is -0.756. The molecule has 0 saturated carbocycles. The van der Waals surface area contributed by atoms with E-state index in [1.54, 1.807) is 13.2 Å². The van der Waals surface area contributed by atoms with E-state index in [0.29, 0.717) is 31.7 Å². The minimum atomic E-state index is -0.744. The lowest BCUT2D eigenvalue weighted by molar-refractivity contribution is -0.143. The highest BCUT2D eigenvalue weighted by Crippen LogP contribution is 2.38. The van der Waals surface area contributed by atoms with Crippen molar-refractivity contribution in [3.05, 3.63) is 63.9 Å². The maximum atomic E-state index is 14.0. The number of carboxylic acid groups (broad SMARTS) is 1. The van der Waals surface area contributed by atoms with Crippen molar-refractivity contribution in [3.63, 3.8) is 0 Å². The molecule has 1 fully saturated rings. The lowest BCUT2D eigenvalue weighted by Gasteiger charge is -2.37. The zero-order chi connectivity index (χ0) is 18.7. The standard InChI is InChI=1S/C20H21BrFNO3/c1-26-18-6-5-16(22)12-17(18)19(14-3-2-4-15(21)11-14)23-9-7-13(8-10-23)20(24)25/h2-6,11-13,19H,7-10H2,1H3,(H,24,25). The average Bonchev–Trinajstić information content (AvgIpc) is 2.63. The van der Waals surface area contributed by atoms with Crippen LogP contribution in [-0.2, 0) is 4.79 Å². The molecule has 1 N–H and O–H groups in total. The minimum Gasteiger partial charge on any atom is -0.496 e. The normalized spacial score (nSPS) is 17.0. The van der Waals surface area contributed by atoms with E-state index in [9.17, 15) is 14.3 Å². The van der Waals surface area contributed by atoms with Crippen LogP contribution in [0.5, 0.6) is 5.75 Å². The summed E-state index contributed by atoms with van der Waals surface area (Å²) in [6, 6.07) is 12.2. The number of nitrogens with zero attached hydrogens (tertiary/aromatic N) is 1. The lowest BCUT2D eigenvalue weighted by atomic mass is 9.91. The van der Waals surface area contributed by atoms with Crippen molar-refractivity contribution in [3.8, 4) is 5.75 Å². The molecular weight excluding hydrogens is 401 g/mol. The van der Waals surface area contributed by atoms with Gasteiger partial charge in [0.25, 0.3) is 0 Å². The van der Waals surface area contributed by atoms with E-state index in [0.717, 1.165) is 15.6 Å². The van der Waals surface area contributed by atoms with Gasteiger partial charge in [0.2, 0.25) is 0 Å². The number of rotatable bonds is 5. The molecule has 2 aromatic carbocycles. The quantitative estimate of drug-likeness (QED) is 0.772. The van der Waals surface area contributed by atoms with Gasteiger partial charge in [0.05, 0.1) is 19.1 Å². The molecule has 3 rings (SSSR count). The number of hydrogen-bond acceptors (Lipinski definition) is 3. The summed E-state index contributed by atoms with van der Waals surface area (Å²) in [5, 5.41) is 9.26. The summed E-state index contributed by atoms with van der Waals surface area (Å²) in [6.07, 6.45) is 1.16. The van der Waals surface area contributed by atoms with Gasteiger partial charge in [-0.15, -0.1) is 0 Å². The van der Waals surface area contributed by atoms with Gasteiger partial charge in [-0.25, -0.2) is 4.39 Å². The number of ether oxygens (including phenoxy) is 1. The summed E-state index contributed by atoms with van der Waals surface area (Å²) < 4.78 is 20.4. The predicted octanol–water partition coefficient (Wildman–Crippen LogP) is 4.48.